The van der Waals surface area contributed by atoms with Crippen molar-refractivity contribution in [1.82, 2.24) is 10.2 Å². The lowest BCUT2D eigenvalue weighted by Crippen LogP contribution is -2.47. The van der Waals surface area contributed by atoms with Crippen molar-refractivity contribution in [2.75, 3.05) is 33.3 Å². The quantitative estimate of drug-likeness (QED) is 0.872. The molecular formula is C17H27FN2O. The van der Waals surface area contributed by atoms with Crippen molar-refractivity contribution in [3.8, 4) is 5.75 Å². The summed E-state index contributed by atoms with van der Waals surface area (Å²) in [5.74, 6) is 0.918. The molecule has 0 spiro atoms. The van der Waals surface area contributed by atoms with Gasteiger partial charge < -0.3 is 10.1 Å². The summed E-state index contributed by atoms with van der Waals surface area (Å²) in [6.07, 6.45) is 2.20. The van der Waals surface area contributed by atoms with Crippen LogP contribution in [0.15, 0.2) is 18.2 Å². The first-order valence-electron chi connectivity index (χ1n) is 7.96. The van der Waals surface area contributed by atoms with Crippen molar-refractivity contribution in [2.24, 2.45) is 5.92 Å². The number of nitrogens with zero attached hydrogens (tertiary/aromatic N) is 1. The van der Waals surface area contributed by atoms with Crippen LogP contribution in [0.5, 0.6) is 5.75 Å². The van der Waals surface area contributed by atoms with Crippen LogP contribution >= 0.6 is 0 Å². The van der Waals surface area contributed by atoms with Gasteiger partial charge >= 0.3 is 0 Å². The predicted octanol–water partition coefficient (Wildman–Crippen LogP) is 3.22. The second-order valence-corrected chi connectivity index (χ2v) is 5.85. The van der Waals surface area contributed by atoms with E-state index in [1.807, 2.05) is 6.07 Å². The average Bonchev–Trinajstić information content (AvgIpc) is 2.50. The molecule has 21 heavy (non-hydrogen) atoms. The van der Waals surface area contributed by atoms with Crippen molar-refractivity contribution in [3.05, 3.63) is 29.6 Å². The minimum absolute atomic E-state index is 0.0863. The van der Waals surface area contributed by atoms with E-state index in [2.05, 4.69) is 24.1 Å². The fourth-order valence-corrected chi connectivity index (χ4v) is 3.38. The van der Waals surface area contributed by atoms with Gasteiger partial charge in [-0.15, -0.1) is 0 Å². The average molecular weight is 294 g/mol. The maximum Gasteiger partial charge on any atom is 0.131 e. The lowest BCUT2D eigenvalue weighted by Gasteiger charge is -2.39. The summed E-state index contributed by atoms with van der Waals surface area (Å²) in [5, 5.41) is 3.37. The van der Waals surface area contributed by atoms with Crippen LogP contribution in [0.2, 0.25) is 0 Å². The third kappa shape index (κ3) is 3.74. The Morgan fingerprint density at radius 3 is 2.67 bits per heavy atom. The van der Waals surface area contributed by atoms with Gasteiger partial charge in [0.05, 0.1) is 7.11 Å². The third-order valence-electron chi connectivity index (χ3n) is 4.36. The van der Waals surface area contributed by atoms with E-state index in [-0.39, 0.29) is 11.9 Å². The molecule has 0 saturated carbocycles. The number of rotatable bonds is 6. The van der Waals surface area contributed by atoms with Crippen molar-refractivity contribution in [2.45, 2.75) is 32.7 Å². The van der Waals surface area contributed by atoms with Gasteiger partial charge in [0.25, 0.3) is 0 Å². The molecule has 0 amide bonds. The minimum Gasteiger partial charge on any atom is -0.496 e. The van der Waals surface area contributed by atoms with Gasteiger partial charge in [0, 0.05) is 37.8 Å². The van der Waals surface area contributed by atoms with E-state index in [4.69, 9.17) is 4.74 Å². The molecule has 1 aromatic rings. The van der Waals surface area contributed by atoms with Gasteiger partial charge in [-0.25, -0.2) is 4.39 Å². The Bertz CT molecular complexity index is 446. The second-order valence-electron chi connectivity index (χ2n) is 5.85. The monoisotopic (exact) mass is 294 g/mol. The van der Waals surface area contributed by atoms with Gasteiger partial charge in [0.15, 0.2) is 0 Å². The Balaban J connectivity index is 2.38. The molecule has 1 fully saturated rings. The summed E-state index contributed by atoms with van der Waals surface area (Å²) in [6, 6.07) is 5.22. The molecule has 2 rings (SSSR count). The summed E-state index contributed by atoms with van der Waals surface area (Å²) < 4.78 is 20.0. The highest BCUT2D eigenvalue weighted by molar-refractivity contribution is 5.37. The van der Waals surface area contributed by atoms with Gasteiger partial charge in [-0.2, -0.15) is 0 Å². The molecule has 1 N–H and O–H groups in total. The SMILES string of the molecule is CCCC(C)[C@H](c1c(F)cccc1OC)N1CCNCC1. The topological polar surface area (TPSA) is 24.5 Å². The lowest BCUT2D eigenvalue weighted by molar-refractivity contribution is 0.120. The molecule has 0 bridgehead atoms. The van der Waals surface area contributed by atoms with Gasteiger partial charge in [-0.05, 0) is 24.5 Å². The number of nitrogens with one attached hydrogen (secondary N) is 1. The molecule has 1 aliphatic heterocycles. The normalized spacial score (nSPS) is 19.2. The van der Waals surface area contributed by atoms with E-state index in [0.29, 0.717) is 11.7 Å². The summed E-state index contributed by atoms with van der Waals surface area (Å²) in [6.45, 7) is 8.25. The minimum atomic E-state index is -0.152. The summed E-state index contributed by atoms with van der Waals surface area (Å²) in [5.41, 5.74) is 0.725. The molecule has 0 aromatic heterocycles. The maximum absolute atomic E-state index is 14.5. The highest BCUT2D eigenvalue weighted by Gasteiger charge is 2.31. The molecule has 1 saturated heterocycles. The molecule has 1 aromatic carbocycles. The molecule has 1 heterocycles. The van der Waals surface area contributed by atoms with Gasteiger partial charge in [-0.1, -0.05) is 26.3 Å². The van der Waals surface area contributed by atoms with Crippen molar-refractivity contribution >= 4 is 0 Å². The van der Waals surface area contributed by atoms with Crippen LogP contribution in [0.4, 0.5) is 4.39 Å². The van der Waals surface area contributed by atoms with Crippen LogP contribution in [-0.2, 0) is 0 Å². The Hall–Kier alpha value is -1.13. The maximum atomic E-state index is 14.5. The number of piperazine rings is 1. The zero-order chi connectivity index (χ0) is 15.2. The van der Waals surface area contributed by atoms with E-state index < -0.39 is 0 Å². The van der Waals surface area contributed by atoms with Crippen LogP contribution < -0.4 is 10.1 Å². The Kier molecular flexibility index (Phi) is 6.00. The Morgan fingerprint density at radius 2 is 2.05 bits per heavy atom. The van der Waals surface area contributed by atoms with E-state index in [1.165, 1.54) is 0 Å². The standard InChI is InChI=1S/C17H27FN2O/c1-4-6-13(2)17(20-11-9-19-10-12-20)16-14(18)7-5-8-15(16)21-3/h5,7-8,13,17,19H,4,6,9-12H2,1-3H3/t13?,17-/m1/s1. The number of hydrogen-bond donors (Lipinski definition) is 1. The zero-order valence-corrected chi connectivity index (χ0v) is 13.4. The number of ether oxygens (including phenoxy) is 1. The van der Waals surface area contributed by atoms with Crippen LogP contribution in [0.1, 0.15) is 38.3 Å². The molecule has 2 atom stereocenters. The first kappa shape index (κ1) is 16.2. The van der Waals surface area contributed by atoms with Crippen LogP contribution in [0.25, 0.3) is 0 Å². The Morgan fingerprint density at radius 1 is 1.33 bits per heavy atom. The van der Waals surface area contributed by atoms with E-state index >= 15 is 0 Å². The van der Waals surface area contributed by atoms with Crippen LogP contribution in [0, 0.1) is 11.7 Å². The number of methoxy groups -OCH3 is 1. The van der Waals surface area contributed by atoms with E-state index in [9.17, 15) is 4.39 Å². The summed E-state index contributed by atoms with van der Waals surface area (Å²) >= 11 is 0. The third-order valence-corrected chi connectivity index (χ3v) is 4.36. The highest BCUT2D eigenvalue weighted by atomic mass is 19.1. The number of halogens is 1. The molecule has 3 nitrogen and oxygen atoms in total. The molecule has 1 aliphatic rings. The first-order chi connectivity index (χ1) is 10.2. The fraction of sp³-hybridized carbons (Fsp3) is 0.647. The highest BCUT2D eigenvalue weighted by Crippen LogP contribution is 2.38. The van der Waals surface area contributed by atoms with Crippen molar-refractivity contribution in [1.29, 1.82) is 0 Å². The zero-order valence-electron chi connectivity index (χ0n) is 13.4. The number of benzene rings is 1. The van der Waals surface area contributed by atoms with E-state index in [0.717, 1.165) is 44.6 Å². The number of hydrogen-bond acceptors (Lipinski definition) is 3. The molecule has 4 heteroatoms. The second kappa shape index (κ2) is 7.76. The fourth-order valence-electron chi connectivity index (χ4n) is 3.38. The van der Waals surface area contributed by atoms with Crippen molar-refractivity contribution < 1.29 is 9.13 Å². The molecule has 1 unspecified atom stereocenters. The summed E-state index contributed by atoms with van der Waals surface area (Å²) in [4.78, 5) is 2.40. The van der Waals surface area contributed by atoms with Gasteiger partial charge in [0.1, 0.15) is 11.6 Å². The van der Waals surface area contributed by atoms with Gasteiger partial charge in [-0.3, -0.25) is 4.90 Å². The first-order valence-corrected chi connectivity index (χ1v) is 7.96. The molecule has 0 radical (unpaired) electrons. The molecular weight excluding hydrogens is 267 g/mol. The largest absolute Gasteiger partial charge is 0.496 e. The molecule has 118 valence electrons. The predicted molar refractivity (Wildman–Crippen MR) is 84.2 cm³/mol. The van der Waals surface area contributed by atoms with Crippen LogP contribution in [0.3, 0.4) is 0 Å². The van der Waals surface area contributed by atoms with E-state index in [1.54, 1.807) is 19.2 Å². The Labute approximate surface area is 127 Å². The van der Waals surface area contributed by atoms with Crippen molar-refractivity contribution in [3.63, 3.8) is 0 Å². The smallest absolute Gasteiger partial charge is 0.131 e. The van der Waals surface area contributed by atoms with Crippen LogP contribution in [-0.4, -0.2) is 38.2 Å². The van der Waals surface area contributed by atoms with Gasteiger partial charge in [0.2, 0.25) is 0 Å². The summed E-state index contributed by atoms with van der Waals surface area (Å²) in [7, 11) is 1.62. The molecule has 0 aliphatic carbocycles. The lowest BCUT2D eigenvalue weighted by atomic mass is 9.88.